The molecule has 1 saturated heterocycles. The number of benzene rings is 1. The number of β-amino-alcohol motifs (C(OH)–C–C–N with tert-alkyl or cyclic N) is 1. The zero-order chi connectivity index (χ0) is 21.4. The highest BCUT2D eigenvalue weighted by molar-refractivity contribution is 7.90. The molecule has 0 aliphatic carbocycles. The summed E-state index contributed by atoms with van der Waals surface area (Å²) in [5.74, 6) is 0.318. The van der Waals surface area contributed by atoms with Gasteiger partial charge in [0, 0.05) is 44.5 Å². The van der Waals surface area contributed by atoms with Crippen molar-refractivity contribution in [2.24, 2.45) is 5.92 Å². The van der Waals surface area contributed by atoms with Gasteiger partial charge in [0.25, 0.3) is 0 Å². The van der Waals surface area contributed by atoms with Gasteiger partial charge in [-0.2, -0.15) is 0 Å². The fourth-order valence-corrected chi connectivity index (χ4v) is 4.32. The predicted octanol–water partition coefficient (Wildman–Crippen LogP) is 0.612. The highest BCUT2D eigenvalue weighted by atomic mass is 32.2. The van der Waals surface area contributed by atoms with E-state index in [0.29, 0.717) is 30.4 Å². The molecule has 166 valence electrons. The Morgan fingerprint density at radius 1 is 1.24 bits per heavy atom. The van der Waals surface area contributed by atoms with Crippen molar-refractivity contribution in [2.75, 3.05) is 39.0 Å². The van der Waals surface area contributed by atoms with Crippen LogP contribution in [0.5, 0.6) is 0 Å². The lowest BCUT2D eigenvalue weighted by atomic mass is 10.0. The van der Waals surface area contributed by atoms with Crippen molar-refractivity contribution in [1.82, 2.24) is 15.5 Å². The third kappa shape index (κ3) is 8.32. The topological polar surface area (TPSA) is 102 Å². The molecule has 0 radical (unpaired) electrons. The molecule has 1 aromatic rings. The van der Waals surface area contributed by atoms with Gasteiger partial charge in [-0.15, -0.1) is 0 Å². The van der Waals surface area contributed by atoms with Gasteiger partial charge < -0.3 is 20.8 Å². The molecule has 29 heavy (non-hydrogen) atoms. The lowest BCUT2D eigenvalue weighted by Crippen LogP contribution is -2.54. The number of piperidine rings is 1. The van der Waals surface area contributed by atoms with E-state index in [1.807, 2.05) is 12.1 Å². The maximum atomic E-state index is 11.6. The zero-order valence-corrected chi connectivity index (χ0v) is 18.7. The van der Waals surface area contributed by atoms with Crippen LogP contribution in [0.25, 0.3) is 0 Å². The molecule has 1 aliphatic heterocycles. The first kappa shape index (κ1) is 24.2. The van der Waals surface area contributed by atoms with Crippen LogP contribution in [0, 0.1) is 5.92 Å². The number of hydrogen-bond acceptors (Lipinski definition) is 7. The minimum atomic E-state index is -3.18. The van der Waals surface area contributed by atoms with Gasteiger partial charge in [0.1, 0.15) is 0 Å². The van der Waals surface area contributed by atoms with Crippen LogP contribution >= 0.6 is 0 Å². The summed E-state index contributed by atoms with van der Waals surface area (Å²) in [7, 11) is -3.18. The molecule has 1 aliphatic rings. The van der Waals surface area contributed by atoms with E-state index in [1.54, 1.807) is 12.1 Å². The molecule has 3 atom stereocenters. The van der Waals surface area contributed by atoms with Gasteiger partial charge in [0.05, 0.1) is 17.6 Å². The van der Waals surface area contributed by atoms with Gasteiger partial charge in [-0.05, 0) is 43.0 Å². The first-order valence-corrected chi connectivity index (χ1v) is 12.3. The van der Waals surface area contributed by atoms with Gasteiger partial charge in [0.15, 0.2) is 9.84 Å². The first-order valence-electron chi connectivity index (χ1n) is 10.5. The molecule has 1 heterocycles. The maximum absolute atomic E-state index is 11.6. The van der Waals surface area contributed by atoms with Crippen LogP contribution in [0.2, 0.25) is 0 Å². The molecule has 0 saturated carbocycles. The van der Waals surface area contributed by atoms with Crippen molar-refractivity contribution in [3.8, 4) is 0 Å². The van der Waals surface area contributed by atoms with Crippen LogP contribution in [0.3, 0.4) is 0 Å². The smallest absolute Gasteiger partial charge is 0.175 e. The summed E-state index contributed by atoms with van der Waals surface area (Å²) in [4.78, 5) is 2.61. The minimum absolute atomic E-state index is 0.0190. The van der Waals surface area contributed by atoms with E-state index in [2.05, 4.69) is 29.4 Å². The van der Waals surface area contributed by atoms with Gasteiger partial charge >= 0.3 is 0 Å². The summed E-state index contributed by atoms with van der Waals surface area (Å²) < 4.78 is 23.2. The average Bonchev–Trinajstić information content (AvgIpc) is 2.65. The van der Waals surface area contributed by atoms with Gasteiger partial charge in [-0.25, -0.2) is 8.42 Å². The predicted molar refractivity (Wildman–Crippen MR) is 116 cm³/mol. The minimum Gasteiger partial charge on any atom is -0.395 e. The fourth-order valence-electron chi connectivity index (χ4n) is 3.69. The second-order valence-corrected chi connectivity index (χ2v) is 10.5. The highest BCUT2D eigenvalue weighted by Crippen LogP contribution is 2.12. The Balaban J connectivity index is 1.93. The summed E-state index contributed by atoms with van der Waals surface area (Å²) in [6.45, 7) is 8.09. The molecule has 0 amide bonds. The van der Waals surface area contributed by atoms with Crippen LogP contribution in [0.4, 0.5) is 0 Å². The van der Waals surface area contributed by atoms with E-state index >= 15 is 0 Å². The van der Waals surface area contributed by atoms with E-state index in [0.717, 1.165) is 31.5 Å². The largest absolute Gasteiger partial charge is 0.395 e. The molecule has 8 heteroatoms. The monoisotopic (exact) mass is 427 g/mol. The van der Waals surface area contributed by atoms with Crippen LogP contribution in [-0.2, 0) is 16.4 Å². The highest BCUT2D eigenvalue weighted by Gasteiger charge is 2.23. The Labute approximate surface area is 175 Å². The van der Waals surface area contributed by atoms with Crippen molar-refractivity contribution in [3.05, 3.63) is 29.8 Å². The molecule has 1 aromatic carbocycles. The number of aliphatic hydroxyl groups excluding tert-OH is 2. The van der Waals surface area contributed by atoms with Crippen molar-refractivity contribution >= 4 is 9.84 Å². The maximum Gasteiger partial charge on any atom is 0.175 e. The van der Waals surface area contributed by atoms with E-state index in [-0.39, 0.29) is 24.8 Å². The lowest BCUT2D eigenvalue weighted by Gasteiger charge is -2.35. The van der Waals surface area contributed by atoms with E-state index in [9.17, 15) is 18.6 Å². The number of hydrogen-bond donors (Lipinski definition) is 4. The molecular formula is C21H37N3O4S. The molecule has 3 unspecified atom stereocenters. The summed E-state index contributed by atoms with van der Waals surface area (Å²) in [5.41, 5.74) is 1.02. The number of nitrogens with one attached hydrogen (secondary N) is 2. The fraction of sp³-hybridized carbons (Fsp3) is 0.714. The van der Waals surface area contributed by atoms with Crippen LogP contribution in [0.1, 0.15) is 32.3 Å². The summed E-state index contributed by atoms with van der Waals surface area (Å²) >= 11 is 0. The van der Waals surface area contributed by atoms with E-state index in [1.165, 1.54) is 6.26 Å². The molecule has 4 N–H and O–H groups in total. The Bertz CT molecular complexity index is 709. The van der Waals surface area contributed by atoms with Crippen LogP contribution in [-0.4, -0.2) is 80.8 Å². The van der Waals surface area contributed by atoms with Crippen molar-refractivity contribution in [3.63, 3.8) is 0 Å². The molecule has 0 aromatic heterocycles. The van der Waals surface area contributed by atoms with Crippen LogP contribution < -0.4 is 10.6 Å². The third-order valence-corrected chi connectivity index (χ3v) is 6.61. The second-order valence-electron chi connectivity index (χ2n) is 8.50. The molecule has 1 fully saturated rings. The number of nitrogens with zero attached hydrogens (tertiary/aromatic N) is 1. The van der Waals surface area contributed by atoms with Crippen molar-refractivity contribution in [2.45, 2.75) is 56.3 Å². The number of aliphatic hydroxyl groups is 2. The lowest BCUT2D eigenvalue weighted by molar-refractivity contribution is 0.0626. The molecular weight excluding hydrogens is 390 g/mol. The molecule has 0 bridgehead atoms. The normalized spacial score (nSPS) is 20.7. The van der Waals surface area contributed by atoms with Crippen molar-refractivity contribution in [1.29, 1.82) is 0 Å². The first-order chi connectivity index (χ1) is 13.7. The third-order valence-electron chi connectivity index (χ3n) is 5.48. The van der Waals surface area contributed by atoms with Gasteiger partial charge in [-0.3, -0.25) is 4.90 Å². The average molecular weight is 428 g/mol. The molecule has 0 spiro atoms. The molecule has 2 rings (SSSR count). The SMILES string of the molecule is CC(C)C(CO)NC(CNCc1ccc(S(C)(=O)=O)cc1)CN1CCCC(O)C1. The van der Waals surface area contributed by atoms with Gasteiger partial charge in [-0.1, -0.05) is 26.0 Å². The van der Waals surface area contributed by atoms with Crippen molar-refractivity contribution < 1.29 is 18.6 Å². The standard InChI is InChI=1S/C21H37N3O4S/c1-16(2)21(15-25)23-18(13-24-10-4-5-19(26)14-24)12-22-11-17-6-8-20(9-7-17)29(3,27)28/h6-9,16,18-19,21-23,25-26H,4-5,10-15H2,1-3H3. The van der Waals surface area contributed by atoms with Crippen LogP contribution in [0.15, 0.2) is 29.2 Å². The Morgan fingerprint density at radius 2 is 1.93 bits per heavy atom. The summed E-state index contributed by atoms with van der Waals surface area (Å²) in [5, 5.41) is 26.7. The van der Waals surface area contributed by atoms with E-state index in [4.69, 9.17) is 0 Å². The Hall–Kier alpha value is -1.03. The number of sulfone groups is 1. The molecule has 7 nitrogen and oxygen atoms in total. The number of likely N-dealkylation sites (tertiary alicyclic amines) is 1. The van der Waals surface area contributed by atoms with E-state index < -0.39 is 9.84 Å². The summed E-state index contributed by atoms with van der Waals surface area (Å²) in [6, 6.07) is 7.09. The second kappa shape index (κ2) is 11.4. The summed E-state index contributed by atoms with van der Waals surface area (Å²) in [6.07, 6.45) is 2.81. The quantitative estimate of drug-likeness (QED) is 0.410. The Morgan fingerprint density at radius 3 is 2.48 bits per heavy atom. The Kier molecular flexibility index (Phi) is 9.52. The van der Waals surface area contributed by atoms with Gasteiger partial charge in [0.2, 0.25) is 0 Å². The number of rotatable bonds is 11. The zero-order valence-electron chi connectivity index (χ0n) is 17.8.